The lowest BCUT2D eigenvalue weighted by molar-refractivity contribution is 0.0600. The Labute approximate surface area is 138 Å². The third kappa shape index (κ3) is 4.87. The highest BCUT2D eigenvalue weighted by atomic mass is 32.1. The molecule has 2 rings (SSSR count). The molecule has 0 aliphatic rings. The summed E-state index contributed by atoms with van der Waals surface area (Å²) in [5, 5.41) is 5.45. The van der Waals surface area contributed by atoms with E-state index in [1.54, 1.807) is 17.5 Å². The standard InChI is InChI=1S/C16H19N3O3S/c1-22-16(21)12-4-2-11(3-5-12)7-9-18-15(20)13-10-23-14(19-13)6-8-17/h2-5,10H,6-9,17H2,1H3,(H,18,20). The predicted octanol–water partition coefficient (Wildman–Crippen LogP) is 1.40. The average molecular weight is 333 g/mol. The molecule has 0 unspecified atom stereocenters. The number of nitrogens with one attached hydrogen (secondary N) is 1. The Morgan fingerprint density at radius 2 is 2.00 bits per heavy atom. The molecule has 0 fully saturated rings. The average Bonchev–Trinajstić information content (AvgIpc) is 3.04. The van der Waals surface area contributed by atoms with Crippen LogP contribution in [0.5, 0.6) is 0 Å². The highest BCUT2D eigenvalue weighted by molar-refractivity contribution is 7.09. The number of nitrogens with two attached hydrogens (primary N) is 1. The molecule has 0 bridgehead atoms. The lowest BCUT2D eigenvalue weighted by Crippen LogP contribution is -2.26. The first-order valence-corrected chi connectivity index (χ1v) is 8.12. The van der Waals surface area contributed by atoms with Gasteiger partial charge in [0.1, 0.15) is 5.69 Å². The lowest BCUT2D eigenvalue weighted by Gasteiger charge is -2.05. The first kappa shape index (κ1) is 17.1. The second-order valence-corrected chi connectivity index (χ2v) is 5.80. The minimum atomic E-state index is -0.360. The summed E-state index contributed by atoms with van der Waals surface area (Å²) < 4.78 is 4.65. The van der Waals surface area contributed by atoms with E-state index in [9.17, 15) is 9.59 Å². The number of aromatic nitrogens is 1. The molecule has 0 saturated heterocycles. The number of thiazole rings is 1. The summed E-state index contributed by atoms with van der Waals surface area (Å²) in [5.74, 6) is -0.544. The van der Waals surface area contributed by atoms with E-state index in [-0.39, 0.29) is 11.9 Å². The maximum Gasteiger partial charge on any atom is 0.337 e. The molecule has 0 aliphatic carbocycles. The van der Waals surface area contributed by atoms with Crippen molar-refractivity contribution < 1.29 is 14.3 Å². The van der Waals surface area contributed by atoms with E-state index >= 15 is 0 Å². The summed E-state index contributed by atoms with van der Waals surface area (Å²) in [7, 11) is 1.35. The van der Waals surface area contributed by atoms with E-state index in [4.69, 9.17) is 5.73 Å². The maximum atomic E-state index is 12.0. The van der Waals surface area contributed by atoms with Crippen molar-refractivity contribution in [1.82, 2.24) is 10.3 Å². The van der Waals surface area contributed by atoms with Crippen molar-refractivity contribution in [3.8, 4) is 0 Å². The molecule has 2 aromatic rings. The SMILES string of the molecule is COC(=O)c1ccc(CCNC(=O)c2csc(CCN)n2)cc1. The normalized spacial score (nSPS) is 10.3. The van der Waals surface area contributed by atoms with Gasteiger partial charge in [-0.2, -0.15) is 0 Å². The molecule has 1 aromatic carbocycles. The summed E-state index contributed by atoms with van der Waals surface area (Å²) in [5.41, 5.74) is 7.43. The molecule has 6 nitrogen and oxygen atoms in total. The number of carbonyl (C=O) groups is 2. The number of hydrogen-bond donors (Lipinski definition) is 2. The topological polar surface area (TPSA) is 94.3 Å². The third-order valence-electron chi connectivity index (χ3n) is 3.22. The van der Waals surface area contributed by atoms with E-state index in [0.717, 1.165) is 10.6 Å². The Hall–Kier alpha value is -2.25. The molecule has 0 aliphatic heterocycles. The fourth-order valence-electron chi connectivity index (χ4n) is 1.99. The fraction of sp³-hybridized carbons (Fsp3) is 0.312. The number of amides is 1. The molecular weight excluding hydrogens is 314 g/mol. The highest BCUT2D eigenvalue weighted by Gasteiger charge is 2.10. The number of methoxy groups -OCH3 is 1. The molecule has 7 heteroatoms. The van der Waals surface area contributed by atoms with E-state index < -0.39 is 0 Å². The third-order valence-corrected chi connectivity index (χ3v) is 4.13. The Bertz CT molecular complexity index is 667. The van der Waals surface area contributed by atoms with E-state index in [2.05, 4.69) is 15.0 Å². The molecule has 0 spiro atoms. The minimum Gasteiger partial charge on any atom is -0.465 e. The van der Waals surface area contributed by atoms with Crippen molar-refractivity contribution >= 4 is 23.2 Å². The van der Waals surface area contributed by atoms with Gasteiger partial charge in [-0.3, -0.25) is 4.79 Å². The second-order valence-electron chi connectivity index (χ2n) is 4.86. The lowest BCUT2D eigenvalue weighted by atomic mass is 10.1. The van der Waals surface area contributed by atoms with Gasteiger partial charge in [-0.15, -0.1) is 11.3 Å². The first-order valence-electron chi connectivity index (χ1n) is 7.24. The number of hydrogen-bond acceptors (Lipinski definition) is 6. The van der Waals surface area contributed by atoms with Crippen molar-refractivity contribution in [3.63, 3.8) is 0 Å². The quantitative estimate of drug-likeness (QED) is 0.747. The van der Waals surface area contributed by atoms with Gasteiger partial charge in [-0.25, -0.2) is 9.78 Å². The smallest absolute Gasteiger partial charge is 0.337 e. The van der Waals surface area contributed by atoms with Crippen LogP contribution in [-0.2, 0) is 17.6 Å². The Morgan fingerprint density at radius 1 is 1.26 bits per heavy atom. The number of carbonyl (C=O) groups excluding carboxylic acids is 2. The minimum absolute atomic E-state index is 0.185. The molecule has 122 valence electrons. The fourth-order valence-corrected chi connectivity index (χ4v) is 2.78. The van der Waals surface area contributed by atoms with Crippen LogP contribution in [0.2, 0.25) is 0 Å². The molecule has 1 aromatic heterocycles. The maximum absolute atomic E-state index is 12.0. The Kier molecular flexibility index (Phi) is 6.25. The monoisotopic (exact) mass is 333 g/mol. The summed E-state index contributed by atoms with van der Waals surface area (Å²) in [6.07, 6.45) is 1.36. The molecule has 0 radical (unpaired) electrons. The Morgan fingerprint density at radius 3 is 2.65 bits per heavy atom. The van der Waals surface area contributed by atoms with Gasteiger partial charge in [0.05, 0.1) is 17.7 Å². The summed E-state index contributed by atoms with van der Waals surface area (Å²) >= 11 is 1.44. The zero-order valence-corrected chi connectivity index (χ0v) is 13.7. The molecule has 1 amide bonds. The van der Waals surface area contributed by atoms with Crippen molar-refractivity contribution in [2.24, 2.45) is 5.73 Å². The van der Waals surface area contributed by atoms with Crippen LogP contribution >= 0.6 is 11.3 Å². The molecule has 0 saturated carbocycles. The highest BCUT2D eigenvalue weighted by Crippen LogP contribution is 2.10. The van der Waals surface area contributed by atoms with Crippen LogP contribution in [0.3, 0.4) is 0 Å². The van der Waals surface area contributed by atoms with E-state index in [0.29, 0.717) is 37.2 Å². The molecular formula is C16H19N3O3S. The summed E-state index contributed by atoms with van der Waals surface area (Å²) in [6, 6.07) is 7.12. The van der Waals surface area contributed by atoms with Gasteiger partial charge in [0.15, 0.2) is 0 Å². The largest absolute Gasteiger partial charge is 0.465 e. The van der Waals surface area contributed by atoms with Gasteiger partial charge >= 0.3 is 5.97 Å². The van der Waals surface area contributed by atoms with Crippen molar-refractivity contribution in [3.05, 3.63) is 51.5 Å². The molecule has 0 atom stereocenters. The van der Waals surface area contributed by atoms with Crippen molar-refractivity contribution in [1.29, 1.82) is 0 Å². The number of rotatable bonds is 7. The van der Waals surface area contributed by atoms with Crippen LogP contribution in [0.4, 0.5) is 0 Å². The van der Waals surface area contributed by atoms with Crippen LogP contribution in [0.1, 0.15) is 31.4 Å². The molecule has 23 heavy (non-hydrogen) atoms. The first-order chi connectivity index (χ1) is 11.1. The van der Waals surface area contributed by atoms with Gasteiger partial charge in [0.25, 0.3) is 5.91 Å². The van der Waals surface area contributed by atoms with E-state index in [1.165, 1.54) is 18.4 Å². The van der Waals surface area contributed by atoms with Gasteiger partial charge in [0, 0.05) is 18.3 Å². The van der Waals surface area contributed by atoms with Crippen molar-refractivity contribution in [2.75, 3.05) is 20.2 Å². The van der Waals surface area contributed by atoms with Crippen LogP contribution in [0.25, 0.3) is 0 Å². The van der Waals surface area contributed by atoms with Gasteiger partial charge in [-0.1, -0.05) is 12.1 Å². The zero-order chi connectivity index (χ0) is 16.7. The summed E-state index contributed by atoms with van der Waals surface area (Å²) in [6.45, 7) is 1.02. The van der Waals surface area contributed by atoms with Crippen molar-refractivity contribution in [2.45, 2.75) is 12.8 Å². The predicted molar refractivity (Wildman–Crippen MR) is 88.7 cm³/mol. The molecule has 3 N–H and O–H groups in total. The number of nitrogens with zero attached hydrogens (tertiary/aromatic N) is 1. The van der Waals surface area contributed by atoms with Gasteiger partial charge in [-0.05, 0) is 30.7 Å². The Balaban J connectivity index is 1.81. The summed E-state index contributed by atoms with van der Waals surface area (Å²) in [4.78, 5) is 27.6. The number of esters is 1. The van der Waals surface area contributed by atoms with Gasteiger partial charge in [0.2, 0.25) is 0 Å². The second kappa shape index (κ2) is 8.40. The van der Waals surface area contributed by atoms with Crippen LogP contribution in [0, 0.1) is 0 Å². The van der Waals surface area contributed by atoms with Crippen LogP contribution < -0.4 is 11.1 Å². The number of benzene rings is 1. The van der Waals surface area contributed by atoms with Crippen LogP contribution in [-0.4, -0.2) is 37.1 Å². The van der Waals surface area contributed by atoms with Gasteiger partial charge < -0.3 is 15.8 Å². The van der Waals surface area contributed by atoms with Crippen LogP contribution in [0.15, 0.2) is 29.6 Å². The molecule has 1 heterocycles. The zero-order valence-electron chi connectivity index (χ0n) is 12.9. The van der Waals surface area contributed by atoms with E-state index in [1.807, 2.05) is 12.1 Å². The number of ether oxygens (including phenoxy) is 1.